The van der Waals surface area contributed by atoms with Gasteiger partial charge in [0, 0.05) is 30.5 Å². The number of aromatic nitrogens is 2. The molecule has 0 unspecified atom stereocenters. The van der Waals surface area contributed by atoms with Gasteiger partial charge in [0.2, 0.25) is 0 Å². The maximum absolute atomic E-state index is 13.4. The van der Waals surface area contributed by atoms with E-state index in [0.29, 0.717) is 12.3 Å². The van der Waals surface area contributed by atoms with Crippen LogP contribution < -0.4 is 5.32 Å². The average molecular weight is 356 g/mol. The van der Waals surface area contributed by atoms with Crippen molar-refractivity contribution in [1.29, 1.82) is 0 Å². The average Bonchev–Trinajstić information content (AvgIpc) is 2.97. The zero-order valence-electron chi connectivity index (χ0n) is 15.9. The topological polar surface area (TPSA) is 63.3 Å². The van der Waals surface area contributed by atoms with E-state index in [9.17, 15) is 4.79 Å². The molecular formula is C20H28N4O2. The van der Waals surface area contributed by atoms with E-state index in [-0.39, 0.29) is 17.4 Å². The molecule has 4 rings (SSSR count). The first kappa shape index (κ1) is 17.3. The van der Waals surface area contributed by atoms with Gasteiger partial charge in [-0.3, -0.25) is 4.79 Å². The number of imidazole rings is 1. The Morgan fingerprint density at radius 3 is 2.85 bits per heavy atom. The van der Waals surface area contributed by atoms with E-state index in [4.69, 9.17) is 4.42 Å². The molecule has 1 amide bonds. The van der Waals surface area contributed by atoms with E-state index < -0.39 is 0 Å². The second-order valence-electron chi connectivity index (χ2n) is 7.76. The van der Waals surface area contributed by atoms with Gasteiger partial charge in [0.1, 0.15) is 11.6 Å². The lowest BCUT2D eigenvalue weighted by Gasteiger charge is -2.29. The van der Waals surface area contributed by atoms with Gasteiger partial charge in [-0.05, 0) is 64.6 Å². The monoisotopic (exact) mass is 356 g/mol. The van der Waals surface area contributed by atoms with E-state index in [1.807, 2.05) is 37.2 Å². The number of rotatable bonds is 5. The van der Waals surface area contributed by atoms with Crippen LogP contribution in [0.2, 0.25) is 0 Å². The van der Waals surface area contributed by atoms with Gasteiger partial charge in [0.15, 0.2) is 5.76 Å². The second kappa shape index (κ2) is 6.58. The standard InChI is InChI=1S/C20H28N4O2/c1-4-23-10-9-22-17(23)13-24(16-12-20(16)5-7-21-8-6-20)19(25)18-14(2)11-15(3)26-18/h9-11,16,21H,4-8,12-13H2,1-3H3/t16-/m0/s1. The maximum Gasteiger partial charge on any atom is 0.290 e. The fourth-order valence-electron chi connectivity index (χ4n) is 4.47. The summed E-state index contributed by atoms with van der Waals surface area (Å²) in [6.07, 6.45) is 7.16. The van der Waals surface area contributed by atoms with Crippen LogP contribution in [0.3, 0.4) is 0 Å². The van der Waals surface area contributed by atoms with Crippen molar-refractivity contribution < 1.29 is 9.21 Å². The van der Waals surface area contributed by atoms with Crippen molar-refractivity contribution in [2.75, 3.05) is 13.1 Å². The maximum atomic E-state index is 13.4. The van der Waals surface area contributed by atoms with Crippen LogP contribution >= 0.6 is 0 Å². The Hall–Kier alpha value is -2.08. The molecule has 6 nitrogen and oxygen atoms in total. The highest BCUT2D eigenvalue weighted by Crippen LogP contribution is 2.56. The summed E-state index contributed by atoms with van der Waals surface area (Å²) in [5, 5.41) is 3.44. The highest BCUT2D eigenvalue weighted by Gasteiger charge is 2.58. The smallest absolute Gasteiger partial charge is 0.290 e. The Bertz CT molecular complexity index is 801. The molecule has 3 heterocycles. The molecule has 1 saturated carbocycles. The number of carbonyl (C=O) groups is 1. The third-order valence-electron chi connectivity index (χ3n) is 6.07. The summed E-state index contributed by atoms with van der Waals surface area (Å²) in [6.45, 7) is 9.42. The highest BCUT2D eigenvalue weighted by molar-refractivity contribution is 5.93. The van der Waals surface area contributed by atoms with Crippen molar-refractivity contribution in [3.8, 4) is 0 Å². The quantitative estimate of drug-likeness (QED) is 0.895. The van der Waals surface area contributed by atoms with E-state index in [1.165, 1.54) is 0 Å². The van der Waals surface area contributed by atoms with Crippen molar-refractivity contribution >= 4 is 5.91 Å². The Kier molecular flexibility index (Phi) is 4.39. The van der Waals surface area contributed by atoms with Gasteiger partial charge in [0.25, 0.3) is 5.91 Å². The first-order chi connectivity index (χ1) is 12.5. The summed E-state index contributed by atoms with van der Waals surface area (Å²) >= 11 is 0. The molecule has 2 aromatic heterocycles. The summed E-state index contributed by atoms with van der Waals surface area (Å²) in [4.78, 5) is 19.9. The number of nitrogens with zero attached hydrogens (tertiary/aromatic N) is 3. The van der Waals surface area contributed by atoms with Gasteiger partial charge in [-0.2, -0.15) is 0 Å². The van der Waals surface area contributed by atoms with Gasteiger partial charge >= 0.3 is 0 Å². The predicted octanol–water partition coefficient (Wildman–Crippen LogP) is 2.90. The minimum Gasteiger partial charge on any atom is -0.456 e. The third kappa shape index (κ3) is 2.96. The lowest BCUT2D eigenvalue weighted by Crippen LogP contribution is -2.39. The van der Waals surface area contributed by atoms with Gasteiger partial charge < -0.3 is 19.2 Å². The van der Waals surface area contributed by atoms with Crippen LogP contribution in [-0.4, -0.2) is 39.5 Å². The first-order valence-electron chi connectivity index (χ1n) is 9.63. The molecule has 6 heteroatoms. The number of aryl methyl sites for hydroxylation is 3. The zero-order chi connectivity index (χ0) is 18.3. The normalized spacial score (nSPS) is 21.1. The molecule has 2 fully saturated rings. The lowest BCUT2D eigenvalue weighted by molar-refractivity contribution is 0.0650. The number of hydrogen-bond donors (Lipinski definition) is 1. The van der Waals surface area contributed by atoms with E-state index in [0.717, 1.165) is 56.0 Å². The summed E-state index contributed by atoms with van der Waals surface area (Å²) in [6, 6.07) is 2.22. The Morgan fingerprint density at radius 2 is 2.19 bits per heavy atom. The van der Waals surface area contributed by atoms with Crippen molar-refractivity contribution in [2.24, 2.45) is 5.41 Å². The van der Waals surface area contributed by atoms with Crippen LogP contribution in [0.25, 0.3) is 0 Å². The van der Waals surface area contributed by atoms with Crippen LogP contribution in [-0.2, 0) is 13.1 Å². The molecule has 1 spiro atoms. The minimum atomic E-state index is 0.00154. The Labute approximate surface area is 154 Å². The molecule has 1 aliphatic carbocycles. The van der Waals surface area contributed by atoms with E-state index in [1.54, 1.807) is 0 Å². The molecule has 0 bridgehead atoms. The van der Waals surface area contributed by atoms with Crippen LogP contribution in [0.5, 0.6) is 0 Å². The fourth-order valence-corrected chi connectivity index (χ4v) is 4.47. The molecule has 2 aliphatic rings. The summed E-state index contributed by atoms with van der Waals surface area (Å²) in [5.41, 5.74) is 1.19. The van der Waals surface area contributed by atoms with Crippen molar-refractivity contribution in [2.45, 2.75) is 59.2 Å². The first-order valence-corrected chi connectivity index (χ1v) is 9.63. The number of carbonyl (C=O) groups excluding carboxylic acids is 1. The lowest BCUT2D eigenvalue weighted by atomic mass is 9.93. The van der Waals surface area contributed by atoms with Gasteiger partial charge in [-0.25, -0.2) is 4.98 Å². The van der Waals surface area contributed by atoms with Crippen molar-refractivity contribution in [3.05, 3.63) is 41.4 Å². The van der Waals surface area contributed by atoms with Crippen LogP contribution in [0.1, 0.15) is 53.9 Å². The molecule has 0 radical (unpaired) electrons. The zero-order valence-corrected chi connectivity index (χ0v) is 15.9. The molecule has 0 aromatic carbocycles. The number of piperidine rings is 1. The molecule has 26 heavy (non-hydrogen) atoms. The summed E-state index contributed by atoms with van der Waals surface area (Å²) in [7, 11) is 0. The van der Waals surface area contributed by atoms with Gasteiger partial charge in [-0.1, -0.05) is 0 Å². The summed E-state index contributed by atoms with van der Waals surface area (Å²) < 4.78 is 7.86. The van der Waals surface area contributed by atoms with Crippen molar-refractivity contribution in [1.82, 2.24) is 19.8 Å². The Balaban J connectivity index is 1.63. The van der Waals surface area contributed by atoms with Gasteiger partial charge in [0.05, 0.1) is 6.54 Å². The van der Waals surface area contributed by atoms with Gasteiger partial charge in [-0.15, -0.1) is 0 Å². The van der Waals surface area contributed by atoms with Crippen LogP contribution in [0.15, 0.2) is 22.9 Å². The number of hydrogen-bond acceptors (Lipinski definition) is 4. The fraction of sp³-hybridized carbons (Fsp3) is 0.600. The SMILES string of the molecule is CCn1ccnc1CN(C(=O)c1oc(C)cc1C)[C@H]1CC12CCNCC2. The molecule has 2 aromatic rings. The molecule has 1 aliphatic heterocycles. The number of amides is 1. The minimum absolute atomic E-state index is 0.00154. The summed E-state index contributed by atoms with van der Waals surface area (Å²) in [5.74, 6) is 2.21. The second-order valence-corrected chi connectivity index (χ2v) is 7.76. The van der Waals surface area contributed by atoms with Crippen LogP contribution in [0, 0.1) is 19.3 Å². The number of nitrogens with one attached hydrogen (secondary N) is 1. The van der Waals surface area contributed by atoms with E-state index >= 15 is 0 Å². The largest absolute Gasteiger partial charge is 0.456 e. The molecule has 1 saturated heterocycles. The molecule has 1 atom stereocenters. The van der Waals surface area contributed by atoms with Crippen molar-refractivity contribution in [3.63, 3.8) is 0 Å². The highest BCUT2D eigenvalue weighted by atomic mass is 16.4. The molecule has 140 valence electrons. The predicted molar refractivity (Wildman–Crippen MR) is 98.9 cm³/mol. The van der Waals surface area contributed by atoms with Crippen LogP contribution in [0.4, 0.5) is 0 Å². The molecular weight excluding hydrogens is 328 g/mol. The number of furan rings is 1. The molecule has 1 N–H and O–H groups in total. The van der Waals surface area contributed by atoms with E-state index in [2.05, 4.69) is 21.8 Å². The Morgan fingerprint density at radius 1 is 1.42 bits per heavy atom. The third-order valence-corrected chi connectivity index (χ3v) is 6.07.